The van der Waals surface area contributed by atoms with E-state index in [0.29, 0.717) is 11.6 Å². The number of halogens is 4. The third-order valence-corrected chi connectivity index (χ3v) is 7.35. The molecule has 0 radical (unpaired) electrons. The van der Waals surface area contributed by atoms with Gasteiger partial charge in [0.1, 0.15) is 11.6 Å². The number of anilines is 1. The van der Waals surface area contributed by atoms with Gasteiger partial charge in [-0.2, -0.15) is 13.2 Å². The van der Waals surface area contributed by atoms with Crippen molar-refractivity contribution in [3.63, 3.8) is 0 Å². The molecule has 198 valence electrons. The zero-order chi connectivity index (χ0) is 27.8. The molecule has 0 spiro atoms. The maximum Gasteiger partial charge on any atom is 0.501 e. The lowest BCUT2D eigenvalue weighted by Crippen LogP contribution is -2.37. The Kier molecular flexibility index (Phi) is 6.98. The first-order valence-corrected chi connectivity index (χ1v) is 12.5. The van der Waals surface area contributed by atoms with Gasteiger partial charge in [0.05, 0.1) is 27.5 Å². The summed E-state index contributed by atoms with van der Waals surface area (Å²) in [5, 5.41) is 2.57. The average Bonchev–Trinajstić information content (AvgIpc) is 2.88. The van der Waals surface area contributed by atoms with Crippen LogP contribution in [0, 0.1) is 5.82 Å². The SMILES string of the molecule is CC(c1nc2ccccc2c(=O)n1-c1ccccc1F)N(C)C(=O)Nc1cccc(S(=O)(=O)C(F)(F)F)c1. The first-order valence-electron chi connectivity index (χ1n) is 11.0. The number of rotatable bonds is 5. The number of fused-ring (bicyclic) bond motifs is 1. The Morgan fingerprint density at radius 1 is 1.03 bits per heavy atom. The van der Waals surface area contributed by atoms with E-state index in [2.05, 4.69) is 10.3 Å². The number of para-hydroxylation sites is 2. The molecule has 0 aliphatic heterocycles. The lowest BCUT2D eigenvalue weighted by Gasteiger charge is -2.27. The van der Waals surface area contributed by atoms with Gasteiger partial charge in [-0.1, -0.05) is 30.3 Å². The Morgan fingerprint density at radius 2 is 1.68 bits per heavy atom. The summed E-state index contributed by atoms with van der Waals surface area (Å²) >= 11 is 0. The molecule has 0 saturated carbocycles. The number of carbonyl (C=O) groups excluding carboxylic acids is 1. The van der Waals surface area contributed by atoms with Crippen LogP contribution < -0.4 is 10.9 Å². The molecule has 1 heterocycles. The summed E-state index contributed by atoms with van der Waals surface area (Å²) in [6.07, 6.45) is 0. The van der Waals surface area contributed by atoms with Gasteiger partial charge in [-0.3, -0.25) is 9.36 Å². The van der Waals surface area contributed by atoms with Gasteiger partial charge in [-0.15, -0.1) is 0 Å². The van der Waals surface area contributed by atoms with Crippen LogP contribution in [-0.4, -0.2) is 41.5 Å². The predicted molar refractivity (Wildman–Crippen MR) is 132 cm³/mol. The Labute approximate surface area is 214 Å². The van der Waals surface area contributed by atoms with E-state index in [0.717, 1.165) is 21.6 Å². The van der Waals surface area contributed by atoms with Crippen molar-refractivity contribution in [2.24, 2.45) is 0 Å². The number of benzene rings is 3. The minimum Gasteiger partial charge on any atom is -0.318 e. The van der Waals surface area contributed by atoms with Gasteiger partial charge in [0, 0.05) is 12.7 Å². The molecule has 1 N–H and O–H groups in total. The van der Waals surface area contributed by atoms with Crippen LogP contribution in [0.2, 0.25) is 0 Å². The quantitative estimate of drug-likeness (QED) is 0.352. The van der Waals surface area contributed by atoms with Crippen LogP contribution in [0.1, 0.15) is 18.8 Å². The molecule has 0 saturated heterocycles. The molecule has 4 aromatic rings. The van der Waals surface area contributed by atoms with Crippen LogP contribution in [0.25, 0.3) is 16.6 Å². The maximum atomic E-state index is 14.8. The number of urea groups is 1. The number of aromatic nitrogens is 2. The maximum absolute atomic E-state index is 14.8. The van der Waals surface area contributed by atoms with E-state index in [9.17, 15) is 35.6 Å². The molecule has 3 aromatic carbocycles. The minimum atomic E-state index is -5.63. The van der Waals surface area contributed by atoms with E-state index in [1.54, 1.807) is 18.2 Å². The largest absolute Gasteiger partial charge is 0.501 e. The molecule has 1 aromatic heterocycles. The lowest BCUT2D eigenvalue weighted by atomic mass is 10.2. The van der Waals surface area contributed by atoms with E-state index in [-0.39, 0.29) is 22.6 Å². The summed E-state index contributed by atoms with van der Waals surface area (Å²) in [5.74, 6) is -0.681. The van der Waals surface area contributed by atoms with Gasteiger partial charge >= 0.3 is 11.5 Å². The van der Waals surface area contributed by atoms with Crippen molar-refractivity contribution in [3.8, 4) is 5.69 Å². The number of sulfone groups is 1. The van der Waals surface area contributed by atoms with Crippen LogP contribution in [0.15, 0.2) is 82.5 Å². The molecule has 0 bridgehead atoms. The number of nitrogens with one attached hydrogen (secondary N) is 1. The van der Waals surface area contributed by atoms with Crippen molar-refractivity contribution in [1.29, 1.82) is 0 Å². The molecule has 4 rings (SSSR count). The normalized spacial score (nSPS) is 12.8. The Bertz CT molecular complexity index is 1700. The molecule has 38 heavy (non-hydrogen) atoms. The number of hydrogen-bond acceptors (Lipinski definition) is 5. The van der Waals surface area contributed by atoms with E-state index in [4.69, 9.17) is 0 Å². The first kappa shape index (κ1) is 26.8. The second kappa shape index (κ2) is 9.89. The van der Waals surface area contributed by atoms with Gasteiger partial charge in [0.2, 0.25) is 0 Å². The number of carbonyl (C=O) groups is 1. The summed E-state index contributed by atoms with van der Waals surface area (Å²) in [4.78, 5) is 31.0. The van der Waals surface area contributed by atoms with Crippen LogP contribution in [-0.2, 0) is 9.84 Å². The van der Waals surface area contributed by atoms with Crippen molar-refractivity contribution >= 4 is 32.5 Å². The second-order valence-corrected chi connectivity index (χ2v) is 10.2. The third kappa shape index (κ3) is 4.84. The molecule has 2 amide bonds. The number of amides is 2. The number of hydrogen-bond donors (Lipinski definition) is 1. The third-order valence-electron chi connectivity index (χ3n) is 5.87. The van der Waals surface area contributed by atoms with Crippen LogP contribution in [0.3, 0.4) is 0 Å². The highest BCUT2D eigenvalue weighted by atomic mass is 32.2. The standard InChI is InChI=1S/C25H20F4N4O4S/c1-15(32(2)24(35)30-16-8-7-9-17(14-16)38(36,37)25(27,28)29)22-31-20-12-5-3-10-18(20)23(34)33(22)21-13-6-4-11-19(21)26/h3-15H,1-2H3,(H,30,35). The Hall–Kier alpha value is -4.26. The summed E-state index contributed by atoms with van der Waals surface area (Å²) in [5.41, 5.74) is -6.07. The van der Waals surface area contributed by atoms with Crippen molar-refractivity contribution in [3.05, 3.63) is 94.8 Å². The fourth-order valence-corrected chi connectivity index (χ4v) is 4.54. The fourth-order valence-electron chi connectivity index (χ4n) is 3.73. The monoisotopic (exact) mass is 548 g/mol. The van der Waals surface area contributed by atoms with Crippen molar-refractivity contribution in [1.82, 2.24) is 14.5 Å². The smallest absolute Gasteiger partial charge is 0.318 e. The van der Waals surface area contributed by atoms with E-state index in [1.807, 2.05) is 0 Å². The molecule has 0 fully saturated rings. The van der Waals surface area contributed by atoms with Gasteiger partial charge in [0.15, 0.2) is 0 Å². The van der Waals surface area contributed by atoms with Gasteiger partial charge in [-0.25, -0.2) is 22.6 Å². The Morgan fingerprint density at radius 3 is 2.37 bits per heavy atom. The number of alkyl halides is 3. The molecular weight excluding hydrogens is 528 g/mol. The van der Waals surface area contributed by atoms with Crippen LogP contribution in [0.4, 0.5) is 28.0 Å². The molecule has 0 aliphatic carbocycles. The highest BCUT2D eigenvalue weighted by Gasteiger charge is 2.47. The summed E-state index contributed by atoms with van der Waals surface area (Å²) in [6, 6.07) is 13.9. The average molecular weight is 549 g/mol. The topological polar surface area (TPSA) is 101 Å². The zero-order valence-electron chi connectivity index (χ0n) is 19.9. The first-order chi connectivity index (χ1) is 17.8. The van der Waals surface area contributed by atoms with Crippen LogP contribution >= 0.6 is 0 Å². The van der Waals surface area contributed by atoms with Gasteiger partial charge in [-0.05, 0) is 49.4 Å². The van der Waals surface area contributed by atoms with E-state index in [1.165, 1.54) is 50.4 Å². The van der Waals surface area contributed by atoms with Crippen molar-refractivity contribution in [2.45, 2.75) is 23.4 Å². The Balaban J connectivity index is 1.73. The molecule has 1 atom stereocenters. The number of nitrogens with zero attached hydrogens (tertiary/aromatic N) is 3. The second-order valence-electron chi connectivity index (χ2n) is 8.27. The minimum absolute atomic E-state index is 0.0184. The molecular formula is C25H20F4N4O4S. The summed E-state index contributed by atoms with van der Waals surface area (Å²) < 4.78 is 78.1. The molecule has 8 nitrogen and oxygen atoms in total. The highest BCUT2D eigenvalue weighted by molar-refractivity contribution is 7.92. The lowest BCUT2D eigenvalue weighted by molar-refractivity contribution is -0.0436. The molecule has 13 heteroatoms. The molecule has 0 aliphatic rings. The van der Waals surface area contributed by atoms with E-state index < -0.39 is 43.7 Å². The zero-order valence-corrected chi connectivity index (χ0v) is 20.7. The van der Waals surface area contributed by atoms with Crippen molar-refractivity contribution < 1.29 is 30.8 Å². The summed E-state index contributed by atoms with van der Waals surface area (Å²) in [7, 11) is -4.29. The fraction of sp³-hybridized carbons (Fsp3) is 0.160. The van der Waals surface area contributed by atoms with Crippen molar-refractivity contribution in [2.75, 3.05) is 12.4 Å². The van der Waals surface area contributed by atoms with Gasteiger partial charge in [0.25, 0.3) is 15.4 Å². The van der Waals surface area contributed by atoms with E-state index >= 15 is 0 Å². The highest BCUT2D eigenvalue weighted by Crippen LogP contribution is 2.31. The molecule has 1 unspecified atom stereocenters. The van der Waals surface area contributed by atoms with Crippen LogP contribution in [0.5, 0.6) is 0 Å². The predicted octanol–water partition coefficient (Wildman–Crippen LogP) is 5.04. The van der Waals surface area contributed by atoms with Gasteiger partial charge < -0.3 is 10.2 Å². The summed E-state index contributed by atoms with van der Waals surface area (Å²) in [6.45, 7) is 1.53.